The summed E-state index contributed by atoms with van der Waals surface area (Å²) < 4.78 is 10.0. The van der Waals surface area contributed by atoms with Gasteiger partial charge in [0.1, 0.15) is 24.7 Å². The summed E-state index contributed by atoms with van der Waals surface area (Å²) in [5.74, 6) is 2.31. The largest absolute Gasteiger partial charge is 0.486 e. The van der Waals surface area contributed by atoms with Crippen molar-refractivity contribution >= 4 is 24.2 Å². The number of aldehydes is 2. The highest BCUT2D eigenvalue weighted by atomic mass is 35.5. The van der Waals surface area contributed by atoms with E-state index in [2.05, 4.69) is 24.6 Å². The zero-order valence-corrected chi connectivity index (χ0v) is 20.2. The summed E-state index contributed by atoms with van der Waals surface area (Å²) in [5, 5.41) is 7.26. The van der Waals surface area contributed by atoms with Crippen molar-refractivity contribution < 1.29 is 19.1 Å². The standard InChI is InChI=1S/C9H10O2.C8H7ClO2.C8H18N2/c1-8-2-4-9(5-3-8)11-7-6-10;9-7-1-3-8(4-2-7)11-6-5-10;1-7-4-8(5-7,10-3)6-9-2/h2-6H,7H2,1H3;1-5H,6H2;7,9-10H,4-6H2,1-3H3. The fraction of sp³-hybridized carbons (Fsp3) is 0.440. The van der Waals surface area contributed by atoms with E-state index in [4.69, 9.17) is 21.1 Å². The summed E-state index contributed by atoms with van der Waals surface area (Å²) in [6.45, 7) is 5.63. The summed E-state index contributed by atoms with van der Waals surface area (Å²) >= 11 is 5.62. The maximum absolute atomic E-state index is 9.92. The summed E-state index contributed by atoms with van der Waals surface area (Å²) in [6, 6.07) is 14.4. The van der Waals surface area contributed by atoms with E-state index in [-0.39, 0.29) is 13.2 Å². The van der Waals surface area contributed by atoms with Crippen LogP contribution in [0.2, 0.25) is 5.02 Å². The van der Waals surface area contributed by atoms with Crippen LogP contribution in [0.3, 0.4) is 0 Å². The lowest BCUT2D eigenvalue weighted by Crippen LogP contribution is -2.58. The lowest BCUT2D eigenvalue weighted by atomic mass is 9.69. The van der Waals surface area contributed by atoms with E-state index in [1.54, 1.807) is 24.3 Å². The fourth-order valence-electron chi connectivity index (χ4n) is 3.48. The van der Waals surface area contributed by atoms with Gasteiger partial charge in [0.25, 0.3) is 0 Å². The molecule has 0 spiro atoms. The molecule has 0 unspecified atom stereocenters. The molecule has 6 nitrogen and oxygen atoms in total. The van der Waals surface area contributed by atoms with Gasteiger partial charge in [0.2, 0.25) is 0 Å². The number of ether oxygens (including phenoxy) is 2. The van der Waals surface area contributed by atoms with Crippen LogP contribution >= 0.6 is 11.6 Å². The SMILES string of the molecule is CNCC1(NC)CC(C)C1.Cc1ccc(OCC=O)cc1.O=CCOc1ccc(Cl)cc1. The van der Waals surface area contributed by atoms with Crippen molar-refractivity contribution in [2.75, 3.05) is 33.9 Å². The monoisotopic (exact) mass is 462 g/mol. The number of hydrogen-bond acceptors (Lipinski definition) is 6. The molecule has 0 amide bonds. The van der Waals surface area contributed by atoms with Gasteiger partial charge in [-0.25, -0.2) is 0 Å². The van der Waals surface area contributed by atoms with Crippen LogP contribution in [0.5, 0.6) is 11.5 Å². The van der Waals surface area contributed by atoms with Gasteiger partial charge < -0.3 is 20.1 Å². The number of halogens is 1. The molecule has 1 aliphatic carbocycles. The van der Waals surface area contributed by atoms with Crippen molar-refractivity contribution in [2.45, 2.75) is 32.2 Å². The van der Waals surface area contributed by atoms with E-state index in [0.717, 1.165) is 24.5 Å². The lowest BCUT2D eigenvalue weighted by molar-refractivity contribution is -0.110. The zero-order chi connectivity index (χ0) is 23.8. The van der Waals surface area contributed by atoms with E-state index < -0.39 is 0 Å². The summed E-state index contributed by atoms with van der Waals surface area (Å²) in [7, 11) is 4.07. The van der Waals surface area contributed by atoms with Crippen molar-refractivity contribution in [1.82, 2.24) is 10.6 Å². The topological polar surface area (TPSA) is 76.7 Å². The van der Waals surface area contributed by atoms with Crippen molar-refractivity contribution in [3.63, 3.8) is 0 Å². The van der Waals surface area contributed by atoms with Crippen LogP contribution in [0.1, 0.15) is 25.3 Å². The molecule has 0 saturated heterocycles. The molecule has 1 saturated carbocycles. The predicted octanol–water partition coefficient (Wildman–Crippen LogP) is 4.08. The fourth-order valence-corrected chi connectivity index (χ4v) is 3.60. The van der Waals surface area contributed by atoms with Crippen LogP contribution in [0.15, 0.2) is 48.5 Å². The highest BCUT2D eigenvalue weighted by Gasteiger charge is 2.39. The second-order valence-electron chi connectivity index (χ2n) is 7.80. The molecule has 0 heterocycles. The molecule has 1 aliphatic rings. The quantitative estimate of drug-likeness (QED) is 0.547. The Labute approximate surface area is 196 Å². The molecule has 0 aromatic heterocycles. The molecule has 7 heteroatoms. The smallest absolute Gasteiger partial charge is 0.157 e. The van der Waals surface area contributed by atoms with E-state index in [1.807, 2.05) is 38.2 Å². The van der Waals surface area contributed by atoms with Crippen LogP contribution in [0.25, 0.3) is 0 Å². The molecule has 0 atom stereocenters. The van der Waals surface area contributed by atoms with Crippen LogP contribution in [0, 0.1) is 12.8 Å². The number of carbonyl (C=O) groups excluding carboxylic acids is 2. The van der Waals surface area contributed by atoms with Gasteiger partial charge in [0.15, 0.2) is 12.6 Å². The van der Waals surface area contributed by atoms with Gasteiger partial charge in [-0.2, -0.15) is 0 Å². The molecule has 2 N–H and O–H groups in total. The molecule has 32 heavy (non-hydrogen) atoms. The van der Waals surface area contributed by atoms with Gasteiger partial charge in [-0.1, -0.05) is 36.2 Å². The van der Waals surface area contributed by atoms with Crippen molar-refractivity contribution in [1.29, 1.82) is 0 Å². The minimum absolute atomic E-state index is 0.0850. The summed E-state index contributed by atoms with van der Waals surface area (Å²) in [6.07, 6.45) is 4.09. The number of rotatable bonds is 9. The van der Waals surface area contributed by atoms with Crippen LogP contribution in [0.4, 0.5) is 0 Å². The Morgan fingerprint density at radius 2 is 1.41 bits per heavy atom. The molecule has 2 aromatic carbocycles. The Morgan fingerprint density at radius 3 is 1.78 bits per heavy atom. The normalized spacial score (nSPS) is 18.6. The molecule has 3 rings (SSSR count). The van der Waals surface area contributed by atoms with Crippen molar-refractivity contribution in [3.8, 4) is 11.5 Å². The zero-order valence-electron chi connectivity index (χ0n) is 19.4. The van der Waals surface area contributed by atoms with Gasteiger partial charge in [-0.15, -0.1) is 0 Å². The number of likely N-dealkylation sites (N-methyl/N-ethyl adjacent to an activating group) is 2. The lowest BCUT2D eigenvalue weighted by Gasteiger charge is -2.46. The molecule has 176 valence electrons. The van der Waals surface area contributed by atoms with E-state index in [1.165, 1.54) is 18.4 Å². The third-order valence-corrected chi connectivity index (χ3v) is 5.25. The van der Waals surface area contributed by atoms with Gasteiger partial charge >= 0.3 is 0 Å². The Morgan fingerprint density at radius 1 is 0.938 bits per heavy atom. The summed E-state index contributed by atoms with van der Waals surface area (Å²) in [5.41, 5.74) is 1.61. The number of benzene rings is 2. The third-order valence-electron chi connectivity index (χ3n) is 4.99. The number of carbonyl (C=O) groups is 2. The Hall–Kier alpha value is -2.41. The second-order valence-corrected chi connectivity index (χ2v) is 8.23. The molecular formula is C25H35ClN2O4. The molecule has 0 aliphatic heterocycles. The summed E-state index contributed by atoms with van der Waals surface area (Å²) in [4.78, 5) is 19.8. The van der Waals surface area contributed by atoms with Crippen molar-refractivity contribution in [3.05, 3.63) is 59.1 Å². The Balaban J connectivity index is 0.000000240. The highest BCUT2D eigenvalue weighted by Crippen LogP contribution is 2.36. The molecule has 0 radical (unpaired) electrons. The first kappa shape index (κ1) is 27.6. The number of aryl methyl sites for hydroxylation is 1. The third kappa shape index (κ3) is 10.8. The number of hydrogen-bond donors (Lipinski definition) is 2. The van der Waals surface area contributed by atoms with Gasteiger partial charge in [-0.3, -0.25) is 9.59 Å². The van der Waals surface area contributed by atoms with Gasteiger partial charge in [0.05, 0.1) is 0 Å². The van der Waals surface area contributed by atoms with Crippen LogP contribution < -0.4 is 20.1 Å². The second kappa shape index (κ2) is 15.4. The first-order valence-corrected chi connectivity index (χ1v) is 11.0. The minimum Gasteiger partial charge on any atom is -0.486 e. The molecule has 2 aromatic rings. The van der Waals surface area contributed by atoms with E-state index in [0.29, 0.717) is 22.6 Å². The van der Waals surface area contributed by atoms with Crippen LogP contribution in [-0.4, -0.2) is 52.0 Å². The maximum Gasteiger partial charge on any atom is 0.157 e. The maximum atomic E-state index is 9.92. The highest BCUT2D eigenvalue weighted by molar-refractivity contribution is 6.30. The van der Waals surface area contributed by atoms with Crippen molar-refractivity contribution in [2.24, 2.45) is 5.92 Å². The predicted molar refractivity (Wildman–Crippen MR) is 130 cm³/mol. The molecule has 0 bridgehead atoms. The van der Waals surface area contributed by atoms with Gasteiger partial charge in [0, 0.05) is 17.1 Å². The Kier molecular flexibility index (Phi) is 13.3. The molecule has 1 fully saturated rings. The van der Waals surface area contributed by atoms with Gasteiger partial charge in [-0.05, 0) is 76.2 Å². The first-order valence-electron chi connectivity index (χ1n) is 10.7. The van der Waals surface area contributed by atoms with Crippen LogP contribution in [-0.2, 0) is 9.59 Å². The Bertz CT molecular complexity index is 717. The van der Waals surface area contributed by atoms with E-state index >= 15 is 0 Å². The average molecular weight is 463 g/mol. The average Bonchev–Trinajstić information content (AvgIpc) is 2.78. The first-order chi connectivity index (χ1) is 15.4. The van der Waals surface area contributed by atoms with E-state index in [9.17, 15) is 9.59 Å². The minimum atomic E-state index is 0.0850. The number of nitrogens with one attached hydrogen (secondary N) is 2. The molecular weight excluding hydrogens is 428 g/mol.